The highest BCUT2D eigenvalue weighted by Crippen LogP contribution is 2.29. The summed E-state index contributed by atoms with van der Waals surface area (Å²) in [4.78, 5) is 11.4. The molecule has 0 aliphatic carbocycles. The van der Waals surface area contributed by atoms with Crippen molar-refractivity contribution in [2.24, 2.45) is 0 Å². The fourth-order valence-electron chi connectivity index (χ4n) is 1.95. The minimum absolute atomic E-state index is 0.0635. The van der Waals surface area contributed by atoms with Gasteiger partial charge in [-0.3, -0.25) is 8.98 Å². The summed E-state index contributed by atoms with van der Waals surface area (Å²) in [6.45, 7) is -1.03. The smallest absolute Gasteiger partial charge is 0.313 e. The van der Waals surface area contributed by atoms with Crippen LogP contribution in [0.4, 0.5) is 22.0 Å². The number of carbonyl (C=O) groups is 1. The Labute approximate surface area is 161 Å². The molecule has 0 heterocycles. The zero-order chi connectivity index (χ0) is 21.6. The summed E-state index contributed by atoms with van der Waals surface area (Å²) in [5, 5.41) is 0. The van der Waals surface area contributed by atoms with Crippen LogP contribution in [0, 0.1) is 29.1 Å². The van der Waals surface area contributed by atoms with Crippen molar-refractivity contribution in [2.45, 2.75) is 11.3 Å². The van der Waals surface area contributed by atoms with Crippen molar-refractivity contribution in [3.63, 3.8) is 0 Å². The van der Waals surface area contributed by atoms with Crippen LogP contribution in [0.3, 0.4) is 0 Å². The first-order valence-corrected chi connectivity index (χ1v) is 9.30. The van der Waals surface area contributed by atoms with Crippen LogP contribution in [-0.4, -0.2) is 34.2 Å². The first-order valence-electron chi connectivity index (χ1n) is 7.89. The fourth-order valence-corrected chi connectivity index (χ4v) is 2.87. The van der Waals surface area contributed by atoms with Gasteiger partial charge in [-0.2, -0.15) is 17.2 Å². The van der Waals surface area contributed by atoms with E-state index in [-0.39, 0.29) is 24.7 Å². The molecule has 158 valence electrons. The summed E-state index contributed by atoms with van der Waals surface area (Å²) >= 11 is 0. The van der Waals surface area contributed by atoms with E-state index in [1.165, 1.54) is 24.3 Å². The molecule has 0 aliphatic rings. The third-order valence-corrected chi connectivity index (χ3v) is 4.66. The van der Waals surface area contributed by atoms with Crippen LogP contribution in [0.1, 0.15) is 6.42 Å². The van der Waals surface area contributed by atoms with Gasteiger partial charge in [0.2, 0.25) is 34.8 Å². The van der Waals surface area contributed by atoms with Gasteiger partial charge in [-0.25, -0.2) is 13.2 Å². The summed E-state index contributed by atoms with van der Waals surface area (Å²) in [5.74, 6) is -14.5. The molecule has 0 aromatic heterocycles. The molecule has 29 heavy (non-hydrogen) atoms. The van der Waals surface area contributed by atoms with Gasteiger partial charge < -0.3 is 9.47 Å². The van der Waals surface area contributed by atoms with Gasteiger partial charge in [-0.05, 0) is 12.1 Å². The van der Waals surface area contributed by atoms with Crippen molar-refractivity contribution in [3.8, 4) is 5.75 Å². The Kier molecular flexibility index (Phi) is 7.65. The average Bonchev–Trinajstić information content (AvgIpc) is 2.71. The van der Waals surface area contributed by atoms with E-state index >= 15 is 0 Å². The zero-order valence-corrected chi connectivity index (χ0v) is 15.3. The van der Waals surface area contributed by atoms with E-state index in [1.54, 1.807) is 6.07 Å². The molecule has 0 amide bonds. The van der Waals surface area contributed by atoms with Crippen LogP contribution < -0.4 is 4.74 Å². The first kappa shape index (κ1) is 22.7. The fraction of sp³-hybridized carbons (Fsp3) is 0.235. The molecule has 0 saturated heterocycles. The second-order valence-corrected chi connectivity index (χ2v) is 6.94. The lowest BCUT2D eigenvalue weighted by atomic mass is 10.2. The van der Waals surface area contributed by atoms with Crippen LogP contribution in [-0.2, 0) is 23.8 Å². The minimum Gasteiger partial charge on any atom is -0.420 e. The first-order chi connectivity index (χ1) is 13.6. The SMILES string of the molecule is O=C(CCOCCOS(=O)(=O)c1ccccc1)Oc1c(F)c(F)c(F)c(F)c1F. The number of hydrogen-bond donors (Lipinski definition) is 0. The lowest BCUT2D eigenvalue weighted by molar-refractivity contribution is -0.136. The van der Waals surface area contributed by atoms with Gasteiger partial charge in [0, 0.05) is 0 Å². The summed E-state index contributed by atoms with van der Waals surface area (Å²) in [5.41, 5.74) is 0. The van der Waals surface area contributed by atoms with Gasteiger partial charge >= 0.3 is 5.97 Å². The Bertz CT molecular complexity index is 953. The normalized spacial score (nSPS) is 11.5. The van der Waals surface area contributed by atoms with Crippen molar-refractivity contribution in [3.05, 3.63) is 59.4 Å². The molecule has 0 fully saturated rings. The van der Waals surface area contributed by atoms with E-state index in [2.05, 4.69) is 4.74 Å². The van der Waals surface area contributed by atoms with Crippen LogP contribution in [0.25, 0.3) is 0 Å². The molecule has 0 saturated carbocycles. The van der Waals surface area contributed by atoms with Gasteiger partial charge in [-0.1, -0.05) is 18.2 Å². The van der Waals surface area contributed by atoms with E-state index in [0.717, 1.165) is 0 Å². The monoisotopic (exact) mass is 440 g/mol. The summed E-state index contributed by atoms with van der Waals surface area (Å²) in [6.07, 6.45) is -0.606. The number of ether oxygens (including phenoxy) is 2. The highest BCUT2D eigenvalue weighted by molar-refractivity contribution is 7.86. The van der Waals surface area contributed by atoms with E-state index in [0.29, 0.717) is 0 Å². The Morgan fingerprint density at radius 2 is 1.34 bits per heavy atom. The maximum Gasteiger partial charge on any atom is 0.313 e. The highest BCUT2D eigenvalue weighted by Gasteiger charge is 2.28. The summed E-state index contributed by atoms with van der Waals surface area (Å²) in [7, 11) is -3.98. The largest absolute Gasteiger partial charge is 0.420 e. The second-order valence-electron chi connectivity index (χ2n) is 5.32. The van der Waals surface area contributed by atoms with Gasteiger partial charge in [0.15, 0.2) is 0 Å². The van der Waals surface area contributed by atoms with Crippen molar-refractivity contribution >= 4 is 16.1 Å². The van der Waals surface area contributed by atoms with Gasteiger partial charge in [0.05, 0.1) is 31.1 Å². The van der Waals surface area contributed by atoms with Gasteiger partial charge in [-0.15, -0.1) is 0 Å². The second kappa shape index (κ2) is 9.76. The van der Waals surface area contributed by atoms with Crippen LogP contribution >= 0.6 is 0 Å². The van der Waals surface area contributed by atoms with Crippen molar-refractivity contribution in [2.75, 3.05) is 19.8 Å². The maximum atomic E-state index is 13.4. The number of esters is 1. The Morgan fingerprint density at radius 1 is 0.793 bits per heavy atom. The molecule has 6 nitrogen and oxygen atoms in total. The molecular formula is C17H13F5O6S. The molecule has 2 rings (SSSR count). The molecule has 0 N–H and O–H groups in total. The minimum atomic E-state index is -3.98. The molecular weight excluding hydrogens is 427 g/mol. The Balaban J connectivity index is 1.77. The quantitative estimate of drug-likeness (QED) is 0.113. The number of benzene rings is 2. The zero-order valence-electron chi connectivity index (χ0n) is 14.5. The number of rotatable bonds is 9. The molecule has 2 aromatic carbocycles. The molecule has 2 aromatic rings. The van der Waals surface area contributed by atoms with Crippen molar-refractivity contribution < 1.29 is 48.8 Å². The summed E-state index contributed by atoms with van der Waals surface area (Å²) < 4.78 is 103. The van der Waals surface area contributed by atoms with Crippen molar-refractivity contribution in [1.29, 1.82) is 0 Å². The summed E-state index contributed by atoms with van der Waals surface area (Å²) in [6, 6.07) is 7.27. The van der Waals surface area contributed by atoms with Gasteiger partial charge in [0.25, 0.3) is 10.1 Å². The lowest BCUT2D eigenvalue weighted by Gasteiger charge is -2.09. The van der Waals surface area contributed by atoms with E-state index in [4.69, 9.17) is 8.92 Å². The Hall–Kier alpha value is -2.57. The van der Waals surface area contributed by atoms with Crippen LogP contribution in [0.2, 0.25) is 0 Å². The molecule has 0 bridgehead atoms. The van der Waals surface area contributed by atoms with E-state index in [9.17, 15) is 35.2 Å². The molecule has 0 spiro atoms. The molecule has 12 heteroatoms. The predicted octanol–water partition coefficient (Wildman–Crippen LogP) is 3.10. The number of halogens is 5. The topological polar surface area (TPSA) is 78.9 Å². The highest BCUT2D eigenvalue weighted by atomic mass is 32.2. The molecule has 0 radical (unpaired) electrons. The molecule has 0 unspecified atom stereocenters. The Morgan fingerprint density at radius 3 is 1.93 bits per heavy atom. The third-order valence-electron chi connectivity index (χ3n) is 3.33. The lowest BCUT2D eigenvalue weighted by Crippen LogP contribution is -2.17. The van der Waals surface area contributed by atoms with E-state index in [1.807, 2.05) is 0 Å². The molecule has 0 atom stereocenters. The van der Waals surface area contributed by atoms with Gasteiger partial charge in [0.1, 0.15) is 0 Å². The number of hydrogen-bond acceptors (Lipinski definition) is 6. The standard InChI is InChI=1S/C17H13F5O6S/c18-12-13(19)15(21)17(16(22)14(12)20)28-11(23)6-7-26-8-9-27-29(24,25)10-4-2-1-3-5-10/h1-5H,6-9H2. The average molecular weight is 440 g/mol. The molecule has 0 aliphatic heterocycles. The number of carbonyl (C=O) groups excluding carboxylic acids is 1. The van der Waals surface area contributed by atoms with Crippen LogP contribution in [0.5, 0.6) is 5.75 Å². The van der Waals surface area contributed by atoms with E-state index < -0.39 is 57.3 Å². The van der Waals surface area contributed by atoms with Crippen LogP contribution in [0.15, 0.2) is 35.2 Å². The predicted molar refractivity (Wildman–Crippen MR) is 86.9 cm³/mol. The maximum absolute atomic E-state index is 13.4. The third kappa shape index (κ3) is 5.71. The van der Waals surface area contributed by atoms with Crippen molar-refractivity contribution in [1.82, 2.24) is 0 Å².